The Morgan fingerprint density at radius 2 is 1.21 bits per heavy atom. The van der Waals surface area contributed by atoms with E-state index in [9.17, 15) is 0 Å². The fourth-order valence-corrected chi connectivity index (χ4v) is 9.08. The molecule has 1 aromatic rings. The van der Waals surface area contributed by atoms with Crippen LogP contribution in [0.15, 0.2) is 42.0 Å². The maximum absolute atomic E-state index is 2.61. The Bertz CT molecular complexity index is 700. The molecule has 186 valence electrons. The molecule has 0 saturated carbocycles. The summed E-state index contributed by atoms with van der Waals surface area (Å²) in [7, 11) is -1.70. The Hall–Kier alpha value is 0.501. The van der Waals surface area contributed by atoms with Crippen LogP contribution in [0.2, 0.25) is 16.4 Å². The van der Waals surface area contributed by atoms with Gasteiger partial charge in [0.2, 0.25) is 0 Å². The molecule has 0 fully saturated rings. The van der Waals surface area contributed by atoms with Gasteiger partial charge in [0.05, 0.1) is 0 Å². The third-order valence-electron chi connectivity index (χ3n) is 7.07. The van der Waals surface area contributed by atoms with Crippen molar-refractivity contribution in [2.75, 3.05) is 0 Å². The molecule has 0 heterocycles. The Labute approximate surface area is 236 Å². The Morgan fingerprint density at radius 3 is 1.67 bits per heavy atom. The topological polar surface area (TPSA) is 0 Å². The molecule has 0 bridgehead atoms. The van der Waals surface area contributed by atoms with Crippen molar-refractivity contribution < 1.29 is 57.7 Å². The molecule has 0 N–H and O–H groups in total. The largest absolute Gasteiger partial charge is 1.00 e. The zero-order valence-electron chi connectivity index (χ0n) is 21.6. The summed E-state index contributed by atoms with van der Waals surface area (Å²) in [6.45, 7) is 12.2. The monoisotopic (exact) mass is 562 g/mol. The maximum atomic E-state index is 2.61. The van der Waals surface area contributed by atoms with Crippen LogP contribution in [0, 0.1) is 0 Å². The average Bonchev–Trinajstić information content (AvgIpc) is 3.11. The molecule has 2 rings (SSSR count). The zero-order valence-corrected chi connectivity index (χ0v) is 26.4. The molecule has 5 heteroatoms. The van der Waals surface area contributed by atoms with Gasteiger partial charge in [0, 0.05) is 0 Å². The minimum absolute atomic E-state index is 0. The summed E-state index contributed by atoms with van der Waals surface area (Å²) in [4.78, 5) is 0. The normalized spacial score (nSPS) is 17.1. The van der Waals surface area contributed by atoms with Gasteiger partial charge < -0.3 is 37.2 Å². The van der Waals surface area contributed by atoms with E-state index in [1.807, 2.05) is 0 Å². The average molecular weight is 564 g/mol. The van der Waals surface area contributed by atoms with Crippen molar-refractivity contribution in [3.8, 4) is 0 Å². The first-order chi connectivity index (χ1) is 14.4. The van der Waals surface area contributed by atoms with Crippen molar-refractivity contribution >= 4 is 13.3 Å². The van der Waals surface area contributed by atoms with Crippen LogP contribution >= 0.6 is 0 Å². The van der Waals surface area contributed by atoms with Crippen molar-refractivity contribution in [1.29, 1.82) is 0 Å². The number of halogens is 3. The zero-order chi connectivity index (χ0) is 22.0. The number of allylic oxidation sites excluding steroid dienone is 4. The van der Waals surface area contributed by atoms with Crippen LogP contribution in [-0.4, -0.2) is 8.07 Å². The fraction of sp³-hybridized carbons (Fsp3) is 0.643. The Kier molecular flexibility index (Phi) is 19.3. The summed E-state index contributed by atoms with van der Waals surface area (Å²) in [5.74, 6) is 0. The Balaban J connectivity index is 0. The molecular formula is C28H45Cl3SiTi. The van der Waals surface area contributed by atoms with Crippen LogP contribution in [0.3, 0.4) is 0 Å². The van der Waals surface area contributed by atoms with Crippen LogP contribution in [0.25, 0.3) is 0 Å². The molecule has 1 atom stereocenters. The van der Waals surface area contributed by atoms with Gasteiger partial charge in [-0.05, 0) is 0 Å². The molecule has 0 saturated heterocycles. The van der Waals surface area contributed by atoms with Gasteiger partial charge in [0.25, 0.3) is 0 Å². The first kappa shape index (κ1) is 35.7. The second-order valence-corrected chi connectivity index (χ2v) is 16.5. The molecule has 0 radical (unpaired) electrons. The number of benzene rings is 1. The standard InChI is InChI=1S/C28H45Si.3ClH.Ti/c1-6-9-11-13-17-24-21-25(18-14-12-10-7-2)23-27(22-24)29(4,5)28-20-15-19-26(28)16-8-3;;;;/h15,19-23H,6-14,16-18H2,1-5H3;3*1H;/q;;;;+3/p-3. The van der Waals surface area contributed by atoms with Gasteiger partial charge in [-0.15, -0.1) is 0 Å². The summed E-state index contributed by atoms with van der Waals surface area (Å²) in [6, 6.07) is 7.75. The second kappa shape index (κ2) is 17.9. The molecule has 1 aromatic carbocycles. The van der Waals surface area contributed by atoms with Crippen LogP contribution in [-0.2, 0) is 33.3 Å². The summed E-state index contributed by atoms with van der Waals surface area (Å²) in [5, 5.41) is 1.68. The minimum Gasteiger partial charge on any atom is -1.00 e. The van der Waals surface area contributed by atoms with Gasteiger partial charge >= 0.3 is 201 Å². The van der Waals surface area contributed by atoms with E-state index in [1.165, 1.54) is 77.0 Å². The predicted octanol–water partition coefficient (Wildman–Crippen LogP) is -0.599. The predicted molar refractivity (Wildman–Crippen MR) is 134 cm³/mol. The van der Waals surface area contributed by atoms with E-state index >= 15 is 0 Å². The van der Waals surface area contributed by atoms with E-state index in [4.69, 9.17) is 0 Å². The quantitative estimate of drug-likeness (QED) is 0.210. The maximum Gasteiger partial charge on any atom is -1.00 e. The summed E-state index contributed by atoms with van der Waals surface area (Å²) in [5.41, 5.74) is 4.86. The van der Waals surface area contributed by atoms with E-state index in [-0.39, 0.29) is 40.6 Å². The third-order valence-corrected chi connectivity index (χ3v) is 14.9. The van der Waals surface area contributed by atoms with Gasteiger partial charge in [0.15, 0.2) is 0 Å². The summed E-state index contributed by atoms with van der Waals surface area (Å²) < 4.78 is 0.253. The molecule has 33 heavy (non-hydrogen) atoms. The molecular weight excluding hydrogens is 519 g/mol. The first-order valence-corrected chi connectivity index (χ1v) is 16.4. The first-order valence-electron chi connectivity index (χ1n) is 12.7. The van der Waals surface area contributed by atoms with E-state index in [0.717, 1.165) is 0 Å². The van der Waals surface area contributed by atoms with Crippen molar-refractivity contribution in [2.24, 2.45) is 0 Å². The molecule has 0 spiro atoms. The summed E-state index contributed by atoms with van der Waals surface area (Å²) >= 11 is 2.53. The van der Waals surface area contributed by atoms with Crippen molar-refractivity contribution in [2.45, 2.75) is 114 Å². The van der Waals surface area contributed by atoms with E-state index < -0.39 is 8.07 Å². The fourth-order valence-electron chi connectivity index (χ4n) is 4.86. The second-order valence-electron chi connectivity index (χ2n) is 9.89. The van der Waals surface area contributed by atoms with Crippen molar-refractivity contribution in [3.05, 3.63) is 53.1 Å². The van der Waals surface area contributed by atoms with Gasteiger partial charge in [-0.1, -0.05) is 0 Å². The van der Waals surface area contributed by atoms with Gasteiger partial charge in [-0.25, -0.2) is 0 Å². The van der Waals surface area contributed by atoms with Gasteiger partial charge in [-0.2, -0.15) is 0 Å². The van der Waals surface area contributed by atoms with Crippen molar-refractivity contribution in [1.82, 2.24) is 0 Å². The Morgan fingerprint density at radius 1 is 0.697 bits per heavy atom. The van der Waals surface area contributed by atoms with Gasteiger partial charge in [-0.3, -0.25) is 0 Å². The van der Waals surface area contributed by atoms with Crippen LogP contribution in [0.5, 0.6) is 0 Å². The van der Waals surface area contributed by atoms with Crippen LogP contribution in [0.4, 0.5) is 0 Å². The van der Waals surface area contributed by atoms with E-state index in [0.29, 0.717) is 0 Å². The number of hydrogen-bond donors (Lipinski definition) is 0. The number of rotatable bonds is 14. The molecule has 1 aliphatic carbocycles. The van der Waals surface area contributed by atoms with E-state index in [1.54, 1.807) is 21.9 Å². The SMILES string of the molecule is CCCCCCc1cc(CCCCCC)cc([Si](C)(C)[C]2([Ti+3])C=CC=C2CCC)c1.[Cl-].[Cl-].[Cl-]. The minimum atomic E-state index is -1.70. The van der Waals surface area contributed by atoms with Crippen LogP contribution < -0.4 is 42.4 Å². The molecule has 0 aromatic heterocycles. The molecule has 0 nitrogen and oxygen atoms in total. The number of aryl methyl sites for hydroxylation is 2. The van der Waals surface area contributed by atoms with Crippen molar-refractivity contribution in [3.63, 3.8) is 0 Å². The molecule has 1 unspecified atom stereocenters. The molecule has 0 aliphatic heterocycles. The molecule has 0 amide bonds. The summed E-state index contributed by atoms with van der Waals surface area (Å²) in [6.07, 6.45) is 23.1. The van der Waals surface area contributed by atoms with Crippen LogP contribution in [0.1, 0.15) is 96.1 Å². The number of unbranched alkanes of at least 4 members (excludes halogenated alkanes) is 6. The smallest absolute Gasteiger partial charge is 1.00 e. The van der Waals surface area contributed by atoms with Gasteiger partial charge in [0.1, 0.15) is 0 Å². The third kappa shape index (κ3) is 9.82. The molecule has 1 aliphatic rings. The van der Waals surface area contributed by atoms with E-state index in [2.05, 4.69) is 90.7 Å². The number of hydrogen-bond acceptors (Lipinski definition) is 0.